The van der Waals surface area contributed by atoms with E-state index in [2.05, 4.69) is 16.4 Å². The van der Waals surface area contributed by atoms with Gasteiger partial charge in [-0.15, -0.1) is 0 Å². The van der Waals surface area contributed by atoms with Crippen LogP contribution in [0, 0.1) is 11.8 Å². The Kier molecular flexibility index (Phi) is 5.28. The molecule has 3 unspecified atom stereocenters. The monoisotopic (exact) mass is 454 g/mol. The van der Waals surface area contributed by atoms with Crippen molar-refractivity contribution in [2.75, 3.05) is 13.7 Å². The first kappa shape index (κ1) is 21.5. The lowest BCUT2D eigenvalue weighted by atomic mass is 9.78. The van der Waals surface area contributed by atoms with E-state index in [9.17, 15) is 19.8 Å². The van der Waals surface area contributed by atoms with Crippen LogP contribution in [0.3, 0.4) is 0 Å². The zero-order chi connectivity index (χ0) is 22.7. The molecule has 3 aliphatic rings. The molecule has 5 rings (SSSR count). The van der Waals surface area contributed by atoms with Gasteiger partial charge in [0.1, 0.15) is 5.70 Å². The fourth-order valence-electron chi connectivity index (χ4n) is 5.42. The molecule has 1 amide bonds. The average Bonchev–Trinajstić information content (AvgIpc) is 3.30. The number of carbonyl (C=O) groups excluding carboxylic acids is 2. The van der Waals surface area contributed by atoms with E-state index in [4.69, 9.17) is 4.74 Å². The number of nitrogens with zero attached hydrogens (tertiary/aromatic N) is 2. The summed E-state index contributed by atoms with van der Waals surface area (Å²) in [5.74, 6) is -1.27. The molecule has 2 N–H and O–H groups in total. The smallest absolute Gasteiger partial charge is 0.354 e. The molecule has 0 saturated carbocycles. The number of fused-ring (bicyclic) bond motifs is 4. The number of amides is 1. The number of ether oxygens (including phenoxy) is 1. The fourth-order valence-corrected chi connectivity index (χ4v) is 6.51. The molecule has 2 aromatic carbocycles. The molecule has 8 heteroatoms. The van der Waals surface area contributed by atoms with Gasteiger partial charge in [-0.2, -0.15) is 0 Å². The SMILES string of the molecule is COC(=O)C1=C(CN2Cc3c(ccc4c(CO)cccc34)S2)[C@H](C)C2C(C(C)O)C(=O)N12. The molecule has 32 heavy (non-hydrogen) atoms. The van der Waals surface area contributed by atoms with Crippen LogP contribution in [0.4, 0.5) is 0 Å². The second-order valence-corrected chi connectivity index (χ2v) is 9.86. The molecule has 4 atom stereocenters. The highest BCUT2D eigenvalue weighted by atomic mass is 32.2. The van der Waals surface area contributed by atoms with Crippen LogP contribution >= 0.6 is 11.9 Å². The summed E-state index contributed by atoms with van der Waals surface area (Å²) in [5.41, 5.74) is 3.31. The number of methoxy groups -OCH3 is 1. The van der Waals surface area contributed by atoms with Crippen molar-refractivity contribution in [3.05, 3.63) is 52.7 Å². The molecule has 2 aromatic rings. The Bertz CT molecular complexity index is 1160. The van der Waals surface area contributed by atoms with Crippen molar-refractivity contribution < 1.29 is 24.5 Å². The number of carbonyl (C=O) groups is 2. The number of hydrogen-bond acceptors (Lipinski definition) is 7. The van der Waals surface area contributed by atoms with Crippen LogP contribution in [0.5, 0.6) is 0 Å². The first-order valence-corrected chi connectivity index (χ1v) is 11.5. The first-order valence-electron chi connectivity index (χ1n) is 10.8. The van der Waals surface area contributed by atoms with E-state index in [0.717, 1.165) is 26.8 Å². The topological polar surface area (TPSA) is 90.3 Å². The number of β-lactam (4-membered cyclic amide) rings is 1. The third-order valence-corrected chi connectivity index (χ3v) is 8.09. The Morgan fingerprint density at radius 2 is 2.06 bits per heavy atom. The first-order chi connectivity index (χ1) is 15.4. The van der Waals surface area contributed by atoms with Gasteiger partial charge in [-0.1, -0.05) is 31.2 Å². The Morgan fingerprint density at radius 3 is 2.75 bits per heavy atom. The van der Waals surface area contributed by atoms with Crippen molar-refractivity contribution >= 4 is 34.6 Å². The lowest BCUT2D eigenvalue weighted by Gasteiger charge is -2.46. The Labute approximate surface area is 190 Å². The van der Waals surface area contributed by atoms with Crippen molar-refractivity contribution in [1.29, 1.82) is 0 Å². The molecule has 0 aliphatic carbocycles. The van der Waals surface area contributed by atoms with Crippen LogP contribution in [0.2, 0.25) is 0 Å². The summed E-state index contributed by atoms with van der Waals surface area (Å²) >= 11 is 1.64. The lowest BCUT2D eigenvalue weighted by molar-refractivity contribution is -0.163. The van der Waals surface area contributed by atoms with Crippen molar-refractivity contribution in [2.45, 2.75) is 44.0 Å². The summed E-state index contributed by atoms with van der Waals surface area (Å²) in [6.45, 7) is 4.84. The largest absolute Gasteiger partial charge is 0.464 e. The summed E-state index contributed by atoms with van der Waals surface area (Å²) < 4.78 is 7.21. The molecule has 7 nitrogen and oxygen atoms in total. The van der Waals surface area contributed by atoms with Crippen LogP contribution < -0.4 is 0 Å². The zero-order valence-corrected chi connectivity index (χ0v) is 19.1. The van der Waals surface area contributed by atoms with Gasteiger partial charge in [-0.05, 0) is 52.4 Å². The maximum Gasteiger partial charge on any atom is 0.354 e. The van der Waals surface area contributed by atoms with Gasteiger partial charge in [-0.25, -0.2) is 9.10 Å². The molecule has 0 radical (unpaired) electrons. The highest BCUT2D eigenvalue weighted by Gasteiger charge is 2.60. The standard InChI is InChI=1S/C24H26N2O5S/c1-12-17(22(24(30)31-3)26-21(12)20(13(2)28)23(26)29)9-25-10-18-16-6-4-5-14(11-27)15(16)7-8-19(18)32-25/h4-8,12-13,20-21,27-28H,9-11H2,1-3H3/t12-,13?,20?,21?/m0/s1. The third-order valence-electron chi connectivity index (χ3n) is 6.99. The second kappa shape index (κ2) is 7.88. The van der Waals surface area contributed by atoms with Gasteiger partial charge < -0.3 is 19.8 Å². The van der Waals surface area contributed by atoms with Crippen molar-refractivity contribution in [2.24, 2.45) is 11.8 Å². The normalized spacial score (nSPS) is 25.7. The minimum atomic E-state index is -0.762. The maximum absolute atomic E-state index is 12.7. The third kappa shape index (κ3) is 3.01. The molecule has 1 fully saturated rings. The maximum atomic E-state index is 12.7. The van der Waals surface area contributed by atoms with Crippen molar-refractivity contribution in [1.82, 2.24) is 9.21 Å². The van der Waals surface area contributed by atoms with Gasteiger partial charge >= 0.3 is 5.97 Å². The predicted molar refractivity (Wildman–Crippen MR) is 120 cm³/mol. The van der Waals surface area contributed by atoms with E-state index >= 15 is 0 Å². The van der Waals surface area contributed by atoms with Crippen LogP contribution in [0.15, 0.2) is 46.5 Å². The Balaban J connectivity index is 1.46. The van der Waals surface area contributed by atoms with Gasteiger partial charge in [0.2, 0.25) is 5.91 Å². The quantitative estimate of drug-likeness (QED) is 0.407. The summed E-state index contributed by atoms with van der Waals surface area (Å²) in [7, 11) is 1.33. The molecule has 0 spiro atoms. The summed E-state index contributed by atoms with van der Waals surface area (Å²) in [6, 6.07) is 9.88. The molecule has 0 bridgehead atoms. The van der Waals surface area contributed by atoms with Gasteiger partial charge in [0.15, 0.2) is 0 Å². The molecular formula is C24H26N2O5S. The minimum Gasteiger partial charge on any atom is -0.464 e. The van der Waals surface area contributed by atoms with E-state index in [-0.39, 0.29) is 24.5 Å². The van der Waals surface area contributed by atoms with Gasteiger partial charge in [-0.3, -0.25) is 4.79 Å². The van der Waals surface area contributed by atoms with Crippen LogP contribution in [-0.2, 0) is 27.5 Å². The van der Waals surface area contributed by atoms with Crippen LogP contribution in [-0.4, -0.2) is 57.1 Å². The Hall–Kier alpha value is -2.39. The zero-order valence-electron chi connectivity index (χ0n) is 18.2. The van der Waals surface area contributed by atoms with E-state index in [0.29, 0.717) is 18.8 Å². The lowest BCUT2D eigenvalue weighted by Crippen LogP contribution is -2.63. The molecule has 168 valence electrons. The minimum absolute atomic E-state index is 0.00439. The van der Waals surface area contributed by atoms with E-state index in [1.165, 1.54) is 17.6 Å². The number of benzene rings is 2. The van der Waals surface area contributed by atoms with Crippen molar-refractivity contribution in [3.8, 4) is 0 Å². The fraction of sp³-hybridized carbons (Fsp3) is 0.417. The number of rotatable bonds is 5. The second-order valence-electron chi connectivity index (χ2n) is 8.72. The van der Waals surface area contributed by atoms with Gasteiger partial charge in [0, 0.05) is 23.9 Å². The van der Waals surface area contributed by atoms with Crippen molar-refractivity contribution in [3.63, 3.8) is 0 Å². The molecule has 3 aliphatic heterocycles. The summed E-state index contributed by atoms with van der Waals surface area (Å²) in [4.78, 5) is 28.0. The average molecular weight is 455 g/mol. The van der Waals surface area contributed by atoms with Gasteiger partial charge in [0.25, 0.3) is 0 Å². The molecule has 3 heterocycles. The molecule has 1 saturated heterocycles. The Morgan fingerprint density at radius 1 is 1.28 bits per heavy atom. The number of aliphatic hydroxyl groups is 2. The summed E-state index contributed by atoms with van der Waals surface area (Å²) in [6.07, 6.45) is -0.762. The highest BCUT2D eigenvalue weighted by Crippen LogP contribution is 2.49. The van der Waals surface area contributed by atoms with Crippen LogP contribution in [0.1, 0.15) is 25.0 Å². The molecular weight excluding hydrogens is 428 g/mol. The summed E-state index contributed by atoms with van der Waals surface area (Å²) in [5, 5.41) is 22.0. The number of hydrogen-bond donors (Lipinski definition) is 2. The van der Waals surface area contributed by atoms with E-state index in [1.807, 2.05) is 25.1 Å². The van der Waals surface area contributed by atoms with Gasteiger partial charge in [0.05, 0.1) is 31.8 Å². The highest BCUT2D eigenvalue weighted by molar-refractivity contribution is 7.97. The van der Waals surface area contributed by atoms with E-state index in [1.54, 1.807) is 18.9 Å². The van der Waals surface area contributed by atoms with E-state index < -0.39 is 18.0 Å². The van der Waals surface area contributed by atoms with Crippen LogP contribution in [0.25, 0.3) is 10.8 Å². The number of aliphatic hydroxyl groups excluding tert-OH is 2. The predicted octanol–water partition coefficient (Wildman–Crippen LogP) is 2.44. The molecule has 0 aromatic heterocycles. The number of esters is 1.